The Morgan fingerprint density at radius 2 is 2.08 bits per heavy atom. The molecule has 0 fully saturated rings. The van der Waals surface area contributed by atoms with Gasteiger partial charge in [0.2, 0.25) is 0 Å². The number of hydrogen-bond acceptors (Lipinski definition) is 5. The second-order valence-electron chi connectivity index (χ2n) is 5.46. The van der Waals surface area contributed by atoms with E-state index < -0.39 is 17.1 Å². The number of benzene rings is 1. The lowest BCUT2D eigenvalue weighted by Crippen LogP contribution is -2.38. The summed E-state index contributed by atoms with van der Waals surface area (Å²) in [5.74, 6) is -0.262. The summed E-state index contributed by atoms with van der Waals surface area (Å²) < 4.78 is 21.6. The second-order valence-corrected chi connectivity index (χ2v) is 7.72. The number of fused-ring (bicyclic) bond motifs is 1. The highest BCUT2D eigenvalue weighted by Gasteiger charge is 2.32. The summed E-state index contributed by atoms with van der Waals surface area (Å²) in [6.07, 6.45) is 2.16. The molecule has 3 rings (SSSR count). The summed E-state index contributed by atoms with van der Waals surface area (Å²) in [6, 6.07) is 9.16. The third-order valence-corrected chi connectivity index (χ3v) is 5.19. The Bertz CT molecular complexity index is 746. The van der Waals surface area contributed by atoms with Crippen LogP contribution in [0.4, 0.5) is 0 Å². The Hall–Kier alpha value is -1.25. The molecule has 2 aromatic rings. The van der Waals surface area contributed by atoms with Crippen molar-refractivity contribution >= 4 is 40.0 Å². The molecule has 0 saturated heterocycles. The van der Waals surface area contributed by atoms with Gasteiger partial charge < -0.3 is 9.29 Å². The van der Waals surface area contributed by atoms with Crippen LogP contribution in [-0.4, -0.2) is 39.5 Å². The highest BCUT2D eigenvalue weighted by Crippen LogP contribution is 2.33. The highest BCUT2D eigenvalue weighted by molar-refractivity contribution is 7.78. The first-order valence-electron chi connectivity index (χ1n) is 7.58. The Labute approximate surface area is 158 Å². The minimum atomic E-state index is -1.61. The summed E-state index contributed by atoms with van der Waals surface area (Å²) in [5, 5.41) is 2.71. The topological polar surface area (TPSA) is 66.8 Å². The quantitative estimate of drug-likeness (QED) is 0.629. The average Bonchev–Trinajstić information content (AvgIpc) is 3.04. The van der Waals surface area contributed by atoms with Crippen LogP contribution in [-0.2, 0) is 33.6 Å². The van der Waals surface area contributed by atoms with Crippen LogP contribution in [0.15, 0.2) is 35.7 Å². The van der Waals surface area contributed by atoms with E-state index in [9.17, 15) is 4.79 Å². The predicted molar refractivity (Wildman–Crippen MR) is 101 cm³/mol. The molecular formula is C17H20ClNO4S2. The molecule has 25 heavy (non-hydrogen) atoms. The molecule has 0 radical (unpaired) electrons. The third-order valence-electron chi connectivity index (χ3n) is 3.83. The van der Waals surface area contributed by atoms with E-state index in [0.717, 1.165) is 25.1 Å². The zero-order valence-electron chi connectivity index (χ0n) is 14.0. The van der Waals surface area contributed by atoms with Gasteiger partial charge in [-0.25, -0.2) is 9.00 Å². The first-order valence-corrected chi connectivity index (χ1v) is 10.3. The van der Waals surface area contributed by atoms with Crippen molar-refractivity contribution in [3.8, 4) is 0 Å². The number of rotatable bonds is 3. The molecule has 0 aliphatic carbocycles. The van der Waals surface area contributed by atoms with E-state index in [2.05, 4.69) is 16.3 Å². The predicted octanol–water partition coefficient (Wildman–Crippen LogP) is 3.51. The Morgan fingerprint density at radius 3 is 2.72 bits per heavy atom. The normalized spacial score (nSPS) is 16.2. The van der Waals surface area contributed by atoms with Crippen LogP contribution in [0.3, 0.4) is 0 Å². The zero-order valence-corrected chi connectivity index (χ0v) is 16.4. The standard InChI is InChI=1S/C16H16ClNO2S.CH4O2S/c1-20-16(19)15(12-4-2-3-5-13(12)17)18-8-6-14-11(10-18)7-9-21-14;1-4(2)3/h2-5,7,9,15H,6,8,10H2,1H3;1H3,(H,2,3)/t15-;/m0./s1. The van der Waals surface area contributed by atoms with E-state index in [1.54, 1.807) is 11.3 Å². The van der Waals surface area contributed by atoms with Gasteiger partial charge in [-0.05, 0) is 35.1 Å². The molecule has 1 N–H and O–H groups in total. The third kappa shape index (κ3) is 5.36. The van der Waals surface area contributed by atoms with Gasteiger partial charge in [-0.2, -0.15) is 0 Å². The summed E-state index contributed by atoms with van der Waals surface area (Å²) in [4.78, 5) is 15.8. The van der Waals surface area contributed by atoms with Gasteiger partial charge >= 0.3 is 5.97 Å². The van der Waals surface area contributed by atoms with Gasteiger partial charge in [0.15, 0.2) is 0 Å². The van der Waals surface area contributed by atoms with Crippen LogP contribution in [0, 0.1) is 0 Å². The maximum absolute atomic E-state index is 12.3. The van der Waals surface area contributed by atoms with Crippen molar-refractivity contribution in [2.75, 3.05) is 19.9 Å². The molecule has 1 aliphatic rings. The van der Waals surface area contributed by atoms with Crippen molar-refractivity contribution in [3.63, 3.8) is 0 Å². The molecule has 1 aromatic carbocycles. The van der Waals surface area contributed by atoms with E-state index in [1.807, 2.05) is 24.3 Å². The monoisotopic (exact) mass is 401 g/mol. The fourth-order valence-corrected chi connectivity index (χ4v) is 3.90. The number of thiophene rings is 1. The molecule has 1 aromatic heterocycles. The number of ether oxygens (including phenoxy) is 1. The number of nitrogens with zero attached hydrogens (tertiary/aromatic N) is 1. The fraction of sp³-hybridized carbons (Fsp3) is 0.353. The van der Waals surface area contributed by atoms with Crippen molar-refractivity contribution in [2.24, 2.45) is 0 Å². The molecule has 136 valence electrons. The van der Waals surface area contributed by atoms with Crippen molar-refractivity contribution in [2.45, 2.75) is 19.0 Å². The van der Waals surface area contributed by atoms with Gasteiger partial charge in [-0.1, -0.05) is 29.8 Å². The minimum absolute atomic E-state index is 0.262. The average molecular weight is 402 g/mol. The molecule has 8 heteroatoms. The number of carbonyl (C=O) groups excluding carboxylic acids is 1. The molecular weight excluding hydrogens is 382 g/mol. The molecule has 1 aliphatic heterocycles. The molecule has 0 amide bonds. The van der Waals surface area contributed by atoms with E-state index in [0.29, 0.717) is 5.02 Å². The molecule has 1 unspecified atom stereocenters. The van der Waals surface area contributed by atoms with Gasteiger partial charge in [-0.15, -0.1) is 11.3 Å². The first-order chi connectivity index (χ1) is 11.9. The number of hydrogen-bond donors (Lipinski definition) is 1. The van der Waals surface area contributed by atoms with E-state index >= 15 is 0 Å². The summed E-state index contributed by atoms with van der Waals surface area (Å²) >= 11 is 6.46. The maximum Gasteiger partial charge on any atom is 0.327 e. The lowest BCUT2D eigenvalue weighted by atomic mass is 10.0. The maximum atomic E-state index is 12.3. The van der Waals surface area contributed by atoms with Gasteiger partial charge in [0.25, 0.3) is 0 Å². The van der Waals surface area contributed by atoms with Crippen molar-refractivity contribution in [3.05, 3.63) is 56.7 Å². The lowest BCUT2D eigenvalue weighted by molar-refractivity contribution is -0.147. The van der Waals surface area contributed by atoms with Crippen LogP contribution >= 0.6 is 22.9 Å². The summed E-state index contributed by atoms with van der Waals surface area (Å²) in [6.45, 7) is 1.59. The summed E-state index contributed by atoms with van der Waals surface area (Å²) in [7, 11) is 1.42. The van der Waals surface area contributed by atoms with Crippen LogP contribution < -0.4 is 0 Å². The smallest absolute Gasteiger partial charge is 0.327 e. The molecule has 2 heterocycles. The van der Waals surface area contributed by atoms with Gasteiger partial charge in [0.1, 0.15) is 17.1 Å². The van der Waals surface area contributed by atoms with E-state index in [4.69, 9.17) is 25.1 Å². The molecule has 5 nitrogen and oxygen atoms in total. The second kappa shape index (κ2) is 9.45. The number of esters is 1. The Kier molecular flexibility index (Phi) is 7.58. The largest absolute Gasteiger partial charge is 0.468 e. The minimum Gasteiger partial charge on any atom is -0.468 e. The Balaban J connectivity index is 0.000000511. The van der Waals surface area contributed by atoms with Gasteiger partial charge in [0.05, 0.1) is 7.11 Å². The van der Waals surface area contributed by atoms with Gasteiger partial charge in [-0.3, -0.25) is 4.90 Å². The summed E-state index contributed by atoms with van der Waals surface area (Å²) in [5.41, 5.74) is 2.11. The van der Waals surface area contributed by atoms with Crippen molar-refractivity contribution in [1.29, 1.82) is 0 Å². The molecule has 0 bridgehead atoms. The number of halogens is 1. The van der Waals surface area contributed by atoms with Crippen molar-refractivity contribution < 1.29 is 18.3 Å². The van der Waals surface area contributed by atoms with E-state index in [1.165, 1.54) is 23.8 Å². The fourth-order valence-electron chi connectivity index (χ4n) is 2.77. The van der Waals surface area contributed by atoms with Crippen LogP contribution in [0.5, 0.6) is 0 Å². The van der Waals surface area contributed by atoms with Crippen LogP contribution in [0.2, 0.25) is 5.02 Å². The lowest BCUT2D eigenvalue weighted by Gasteiger charge is -2.33. The highest BCUT2D eigenvalue weighted by atomic mass is 35.5. The number of carbonyl (C=O) groups is 1. The molecule has 2 atom stereocenters. The molecule has 0 spiro atoms. The zero-order chi connectivity index (χ0) is 18.4. The SMILES string of the molecule is COC(=O)[C@H](c1ccccc1Cl)N1CCc2sccc2C1.CS(=O)O. The van der Waals surface area contributed by atoms with Crippen LogP contribution in [0.25, 0.3) is 0 Å². The number of methoxy groups -OCH3 is 1. The Morgan fingerprint density at radius 1 is 1.40 bits per heavy atom. The first kappa shape index (κ1) is 20.1. The molecule has 0 saturated carbocycles. The van der Waals surface area contributed by atoms with Crippen molar-refractivity contribution in [1.82, 2.24) is 4.90 Å². The van der Waals surface area contributed by atoms with E-state index in [-0.39, 0.29) is 5.97 Å². The van der Waals surface area contributed by atoms with Gasteiger partial charge in [0, 0.05) is 29.2 Å². The van der Waals surface area contributed by atoms with Crippen LogP contribution in [0.1, 0.15) is 22.0 Å².